The van der Waals surface area contributed by atoms with Crippen LogP contribution < -0.4 is 10.0 Å². The summed E-state index contributed by atoms with van der Waals surface area (Å²) < 4.78 is 5.66. The Morgan fingerprint density at radius 1 is 1.04 bits per heavy atom. The fourth-order valence-corrected chi connectivity index (χ4v) is 3.82. The monoisotopic (exact) mass is 335 g/mol. The van der Waals surface area contributed by atoms with Gasteiger partial charge in [-0.05, 0) is 64.3 Å². The van der Waals surface area contributed by atoms with Crippen LogP contribution in [0.4, 0.5) is 0 Å². The molecule has 24 heavy (non-hydrogen) atoms. The van der Waals surface area contributed by atoms with E-state index in [-0.39, 0.29) is 33.0 Å². The number of hydrogen-bond acceptors (Lipinski definition) is 2. The number of rotatable bonds is 7. The normalized spacial score (nSPS) is 10.7. The van der Waals surface area contributed by atoms with Crippen molar-refractivity contribution >= 4 is 38.3 Å². The van der Waals surface area contributed by atoms with E-state index in [9.17, 15) is 4.79 Å². The third-order valence-electron chi connectivity index (χ3n) is 3.78. The van der Waals surface area contributed by atoms with Crippen LogP contribution in [0.1, 0.15) is 46.8 Å². The van der Waals surface area contributed by atoms with Crippen molar-refractivity contribution in [1.82, 2.24) is 0 Å². The molecule has 2 aromatic carbocycles. The first kappa shape index (κ1) is 21.0. The quantitative estimate of drug-likeness (QED) is 0.421. The maximum atomic E-state index is 12.6. The Morgan fingerprint density at radius 3 is 2.17 bits per heavy atom. The van der Waals surface area contributed by atoms with Crippen LogP contribution in [-0.2, 0) is 0 Å². The Morgan fingerprint density at radius 2 is 1.62 bits per heavy atom. The topological polar surface area (TPSA) is 26.3 Å². The maximum Gasteiger partial charge on any atom is 0.186 e. The first-order chi connectivity index (χ1) is 11.0. The number of benzene rings is 2. The second-order valence-corrected chi connectivity index (χ2v) is 7.24. The van der Waals surface area contributed by atoms with Crippen molar-refractivity contribution < 1.29 is 9.53 Å². The van der Waals surface area contributed by atoms with E-state index in [0.717, 1.165) is 47.2 Å². The Labute approximate surface area is 159 Å². The molecule has 1 radical (unpaired) electrons. The van der Waals surface area contributed by atoms with Crippen molar-refractivity contribution in [3.8, 4) is 5.75 Å². The van der Waals surface area contributed by atoms with Crippen LogP contribution in [0.5, 0.6) is 5.75 Å². The molecular weight excluding hydrogens is 310 g/mol. The molecule has 123 valence electrons. The molecule has 2 nitrogen and oxygen atoms in total. The summed E-state index contributed by atoms with van der Waals surface area (Å²) in [7, 11) is 0.150. The van der Waals surface area contributed by atoms with Gasteiger partial charge in [0.1, 0.15) is 5.75 Å². The zero-order valence-electron chi connectivity index (χ0n) is 15.4. The summed E-state index contributed by atoms with van der Waals surface area (Å²) in [5, 5.41) is 1.05. The Bertz CT molecular complexity index is 658. The van der Waals surface area contributed by atoms with Gasteiger partial charge in [-0.2, -0.15) is 0 Å². The fourth-order valence-electron chi connectivity index (χ4n) is 2.70. The number of ether oxygens (including phenoxy) is 1. The van der Waals surface area contributed by atoms with Crippen LogP contribution in [0.25, 0.3) is 0 Å². The first-order valence-corrected chi connectivity index (χ1v) is 9.13. The summed E-state index contributed by atoms with van der Waals surface area (Å²) >= 11 is 0. The summed E-state index contributed by atoms with van der Waals surface area (Å²) in [6.45, 7) is 8.99. The van der Waals surface area contributed by atoms with Crippen LogP contribution >= 0.6 is 8.58 Å². The van der Waals surface area contributed by atoms with E-state index >= 15 is 0 Å². The SMILES string of the molecule is CCCCOc1ccc(PC(=O)c2c(C)cc(C)cc2C)cc1.[Li]. The molecule has 1 atom stereocenters. The summed E-state index contributed by atoms with van der Waals surface area (Å²) in [5.74, 6) is 0.877. The van der Waals surface area contributed by atoms with Crippen LogP contribution in [0.15, 0.2) is 36.4 Å². The zero-order chi connectivity index (χ0) is 16.8. The minimum absolute atomic E-state index is 0. The van der Waals surface area contributed by atoms with Crippen molar-refractivity contribution in [3.63, 3.8) is 0 Å². The third kappa shape index (κ3) is 5.78. The molecule has 0 heterocycles. The molecule has 0 amide bonds. The van der Waals surface area contributed by atoms with Crippen molar-refractivity contribution in [2.24, 2.45) is 0 Å². The molecule has 0 fully saturated rings. The first-order valence-electron chi connectivity index (χ1n) is 8.13. The van der Waals surface area contributed by atoms with Gasteiger partial charge in [-0.3, -0.25) is 4.79 Å². The largest absolute Gasteiger partial charge is 0.494 e. The van der Waals surface area contributed by atoms with Crippen LogP contribution in [-0.4, -0.2) is 31.0 Å². The average Bonchev–Trinajstić information content (AvgIpc) is 2.48. The van der Waals surface area contributed by atoms with Gasteiger partial charge in [0.15, 0.2) is 5.52 Å². The van der Waals surface area contributed by atoms with E-state index in [2.05, 4.69) is 26.0 Å². The summed E-state index contributed by atoms with van der Waals surface area (Å²) in [4.78, 5) is 12.6. The molecule has 0 N–H and O–H groups in total. The third-order valence-corrected chi connectivity index (χ3v) is 4.88. The summed E-state index contributed by atoms with van der Waals surface area (Å²) in [5.41, 5.74) is 4.42. The van der Waals surface area contributed by atoms with Gasteiger partial charge >= 0.3 is 0 Å². The van der Waals surface area contributed by atoms with E-state index in [0.29, 0.717) is 0 Å². The molecule has 4 heteroatoms. The molecule has 0 aromatic heterocycles. The minimum atomic E-state index is 0. The molecule has 1 unspecified atom stereocenters. The molecule has 0 aliphatic carbocycles. The van der Waals surface area contributed by atoms with Crippen LogP contribution in [0, 0.1) is 20.8 Å². The number of unbranched alkanes of at least 4 members (excludes halogenated alkanes) is 1. The number of hydrogen-bond donors (Lipinski definition) is 0. The van der Waals surface area contributed by atoms with Crippen molar-refractivity contribution in [3.05, 3.63) is 58.7 Å². The molecule has 0 spiro atoms. The number of carbonyl (C=O) groups excluding carboxylic acids is 1. The van der Waals surface area contributed by atoms with Gasteiger partial charge in [-0.1, -0.05) is 43.2 Å². The number of carbonyl (C=O) groups is 1. The van der Waals surface area contributed by atoms with Gasteiger partial charge in [0.05, 0.1) is 6.61 Å². The van der Waals surface area contributed by atoms with Gasteiger partial charge in [0.25, 0.3) is 0 Å². The van der Waals surface area contributed by atoms with E-state index in [1.165, 1.54) is 5.56 Å². The average molecular weight is 335 g/mol. The summed E-state index contributed by atoms with van der Waals surface area (Å²) in [6.07, 6.45) is 2.19. The predicted molar refractivity (Wildman–Crippen MR) is 106 cm³/mol. The molecule has 2 rings (SSSR count). The Balaban J connectivity index is 0.00000288. The molecular formula is C20H25LiO2P. The molecule has 2 aromatic rings. The Hall–Kier alpha value is -1.06. The standard InChI is InChI=1S/C20H25O2P.Li/c1-5-6-11-22-17-7-9-18(10-8-17)23-20(21)19-15(3)12-14(2)13-16(19)4;/h7-10,12-13,23H,5-6,11H2,1-4H3;. The molecule has 0 saturated heterocycles. The zero-order valence-corrected chi connectivity index (χ0v) is 16.4. The van der Waals surface area contributed by atoms with Crippen LogP contribution in [0.2, 0.25) is 0 Å². The molecule has 0 bridgehead atoms. The van der Waals surface area contributed by atoms with Gasteiger partial charge < -0.3 is 4.74 Å². The van der Waals surface area contributed by atoms with Gasteiger partial charge in [0, 0.05) is 24.4 Å². The molecule has 0 aliphatic rings. The van der Waals surface area contributed by atoms with Crippen LogP contribution in [0.3, 0.4) is 0 Å². The fraction of sp³-hybridized carbons (Fsp3) is 0.350. The van der Waals surface area contributed by atoms with E-state index in [1.54, 1.807) is 0 Å². The Kier molecular flexibility index (Phi) is 8.78. The minimum Gasteiger partial charge on any atom is -0.494 e. The molecule has 0 saturated carbocycles. The predicted octanol–water partition coefficient (Wildman–Crippen LogP) is 4.55. The van der Waals surface area contributed by atoms with Gasteiger partial charge in [-0.25, -0.2) is 0 Å². The van der Waals surface area contributed by atoms with Gasteiger partial charge in [-0.15, -0.1) is 0 Å². The smallest absolute Gasteiger partial charge is 0.186 e. The second kappa shape index (κ2) is 10.0. The summed E-state index contributed by atoms with van der Waals surface area (Å²) in [6, 6.07) is 12.1. The van der Waals surface area contributed by atoms with Crippen molar-refractivity contribution in [2.45, 2.75) is 40.5 Å². The van der Waals surface area contributed by atoms with Crippen molar-refractivity contribution in [2.75, 3.05) is 6.61 Å². The maximum absolute atomic E-state index is 12.6. The van der Waals surface area contributed by atoms with E-state index < -0.39 is 0 Å². The van der Waals surface area contributed by atoms with E-state index in [4.69, 9.17) is 4.74 Å². The number of aryl methyl sites for hydroxylation is 3. The molecule has 0 aliphatic heterocycles. The second-order valence-electron chi connectivity index (χ2n) is 5.95. The van der Waals surface area contributed by atoms with E-state index in [1.807, 2.05) is 38.1 Å². The van der Waals surface area contributed by atoms with Gasteiger partial charge in [0.2, 0.25) is 0 Å². The van der Waals surface area contributed by atoms with Crippen molar-refractivity contribution in [1.29, 1.82) is 0 Å².